The summed E-state index contributed by atoms with van der Waals surface area (Å²) in [5.41, 5.74) is 1.72. The summed E-state index contributed by atoms with van der Waals surface area (Å²) >= 11 is 2.92. The molecule has 0 spiro atoms. The Hall–Kier alpha value is -2.77. The number of aromatic nitrogens is 1. The Labute approximate surface area is 178 Å². The molecule has 1 aromatic heterocycles. The van der Waals surface area contributed by atoms with Crippen molar-refractivity contribution in [3.63, 3.8) is 0 Å². The number of para-hydroxylation sites is 1. The Morgan fingerprint density at radius 3 is 2.21 bits per heavy atom. The minimum atomic E-state index is -0.696. The zero-order chi connectivity index (χ0) is 20.8. The fourth-order valence-corrected chi connectivity index (χ4v) is 3.94. The highest BCUT2D eigenvalue weighted by Crippen LogP contribution is 2.33. The Bertz CT molecular complexity index is 997. The number of ether oxygens (including phenoxy) is 1. The second-order valence-electron chi connectivity index (χ2n) is 6.07. The molecule has 1 heterocycles. The van der Waals surface area contributed by atoms with E-state index in [1.54, 1.807) is 24.3 Å². The van der Waals surface area contributed by atoms with Gasteiger partial charge >= 0.3 is 0 Å². The number of benzene rings is 2. The lowest BCUT2D eigenvalue weighted by Gasteiger charge is -2.13. The topological polar surface area (TPSA) is 68.3 Å². The molecule has 0 aliphatic carbocycles. The van der Waals surface area contributed by atoms with Crippen LogP contribution in [0.2, 0.25) is 0 Å². The van der Waals surface area contributed by atoms with Crippen molar-refractivity contribution in [2.45, 2.75) is 16.8 Å². The number of carbonyl (C=O) groups excluding carboxylic acids is 2. The van der Waals surface area contributed by atoms with Crippen molar-refractivity contribution in [2.24, 2.45) is 0 Å². The molecule has 0 saturated heterocycles. The zero-order valence-corrected chi connectivity index (χ0v) is 17.9. The number of pyridine rings is 1. The summed E-state index contributed by atoms with van der Waals surface area (Å²) in [7, 11) is 0. The third kappa shape index (κ3) is 5.19. The number of carbonyl (C=O) groups is 2. The van der Waals surface area contributed by atoms with Crippen LogP contribution in [0.25, 0.3) is 0 Å². The zero-order valence-electron chi connectivity index (χ0n) is 16.3. The number of Topliss-reactive ketones (excluding diaryl/α,β-unsaturated/α-hetero) is 1. The van der Waals surface area contributed by atoms with Gasteiger partial charge < -0.3 is 10.1 Å². The number of hydrogen-bond donors (Lipinski definition) is 1. The van der Waals surface area contributed by atoms with Crippen LogP contribution in [0.4, 0.5) is 5.69 Å². The van der Waals surface area contributed by atoms with Crippen molar-refractivity contribution in [3.05, 3.63) is 71.9 Å². The van der Waals surface area contributed by atoms with E-state index in [2.05, 4.69) is 10.3 Å². The van der Waals surface area contributed by atoms with Gasteiger partial charge in [-0.05, 0) is 61.9 Å². The lowest BCUT2D eigenvalue weighted by Crippen LogP contribution is -2.23. The van der Waals surface area contributed by atoms with Gasteiger partial charge in [-0.2, -0.15) is 0 Å². The van der Waals surface area contributed by atoms with E-state index in [0.717, 1.165) is 10.6 Å². The highest BCUT2D eigenvalue weighted by atomic mass is 32.2. The summed E-state index contributed by atoms with van der Waals surface area (Å²) in [6, 6.07) is 17.7. The van der Waals surface area contributed by atoms with Crippen LogP contribution in [-0.2, 0) is 4.79 Å². The quantitative estimate of drug-likeness (QED) is 0.309. The second-order valence-corrected chi connectivity index (χ2v) is 7.72. The molecule has 3 aromatic rings. The number of anilines is 1. The van der Waals surface area contributed by atoms with E-state index < -0.39 is 11.7 Å². The molecule has 0 bridgehead atoms. The highest BCUT2D eigenvalue weighted by Gasteiger charge is 2.20. The Morgan fingerprint density at radius 2 is 1.59 bits per heavy atom. The molecule has 0 aliphatic heterocycles. The summed E-state index contributed by atoms with van der Waals surface area (Å²) in [6.07, 6.45) is 3.80. The van der Waals surface area contributed by atoms with Crippen molar-refractivity contribution in [3.8, 4) is 11.5 Å². The van der Waals surface area contributed by atoms with E-state index in [4.69, 9.17) is 4.74 Å². The van der Waals surface area contributed by atoms with Crippen LogP contribution in [-0.4, -0.2) is 29.2 Å². The van der Waals surface area contributed by atoms with Gasteiger partial charge in [-0.15, -0.1) is 23.5 Å². The number of amides is 1. The van der Waals surface area contributed by atoms with E-state index in [9.17, 15) is 9.59 Å². The van der Waals surface area contributed by atoms with Crippen LogP contribution in [0.5, 0.6) is 11.5 Å². The normalized spacial score (nSPS) is 10.4. The third-order valence-corrected chi connectivity index (χ3v) is 5.48. The van der Waals surface area contributed by atoms with Crippen LogP contribution in [0.1, 0.15) is 16.1 Å². The summed E-state index contributed by atoms with van der Waals surface area (Å²) in [4.78, 5) is 30.5. The van der Waals surface area contributed by atoms with Crippen LogP contribution in [0.3, 0.4) is 0 Å². The molecule has 1 amide bonds. The molecule has 29 heavy (non-hydrogen) atoms. The van der Waals surface area contributed by atoms with Crippen molar-refractivity contribution in [1.29, 1.82) is 0 Å². The van der Waals surface area contributed by atoms with Gasteiger partial charge in [0.2, 0.25) is 0 Å². The summed E-state index contributed by atoms with van der Waals surface area (Å²) in [5, 5.41) is 3.42. The Morgan fingerprint density at radius 1 is 0.931 bits per heavy atom. The standard InChI is InChI=1S/C22H20N2O3S2/c1-14-13-18(28-2)19(22(23-14)29-3)24-21(26)20(25)15-9-11-17(12-10-15)27-16-7-5-4-6-8-16/h4-13H,1-3H3,(H,24,26). The molecule has 7 heteroatoms. The number of hydrogen-bond acceptors (Lipinski definition) is 6. The fourth-order valence-electron chi connectivity index (χ4n) is 2.64. The van der Waals surface area contributed by atoms with Gasteiger partial charge in [-0.1, -0.05) is 18.2 Å². The van der Waals surface area contributed by atoms with E-state index in [1.807, 2.05) is 55.8 Å². The number of nitrogens with zero attached hydrogens (tertiary/aromatic N) is 1. The first-order valence-corrected chi connectivity index (χ1v) is 11.2. The van der Waals surface area contributed by atoms with Crippen LogP contribution >= 0.6 is 23.5 Å². The monoisotopic (exact) mass is 424 g/mol. The first kappa shape index (κ1) is 21.0. The Kier molecular flexibility index (Phi) is 6.95. The molecule has 0 saturated carbocycles. The molecule has 5 nitrogen and oxygen atoms in total. The molecule has 2 aromatic carbocycles. The summed E-state index contributed by atoms with van der Waals surface area (Å²) in [6.45, 7) is 1.90. The number of aryl methyl sites for hydroxylation is 1. The molecule has 0 aliphatic rings. The highest BCUT2D eigenvalue weighted by molar-refractivity contribution is 7.99. The van der Waals surface area contributed by atoms with Gasteiger partial charge in [0.25, 0.3) is 11.7 Å². The van der Waals surface area contributed by atoms with Gasteiger partial charge in [0.1, 0.15) is 16.5 Å². The van der Waals surface area contributed by atoms with Crippen molar-refractivity contribution in [2.75, 3.05) is 17.8 Å². The maximum atomic E-state index is 12.6. The molecule has 1 N–H and O–H groups in total. The van der Waals surface area contributed by atoms with E-state index in [1.165, 1.54) is 23.5 Å². The maximum absolute atomic E-state index is 12.6. The van der Waals surface area contributed by atoms with Crippen LogP contribution in [0.15, 0.2) is 70.6 Å². The fraction of sp³-hybridized carbons (Fsp3) is 0.136. The molecule has 3 rings (SSSR count). The maximum Gasteiger partial charge on any atom is 0.296 e. The number of ketones is 1. The number of rotatable bonds is 7. The SMILES string of the molecule is CSc1cc(C)nc(SC)c1NC(=O)C(=O)c1ccc(Oc2ccccc2)cc1. The van der Waals surface area contributed by atoms with Gasteiger partial charge in [0.15, 0.2) is 0 Å². The third-order valence-electron chi connectivity index (χ3n) is 4.03. The van der Waals surface area contributed by atoms with Gasteiger partial charge in [-0.25, -0.2) is 4.98 Å². The molecule has 0 fully saturated rings. The molecule has 0 radical (unpaired) electrons. The van der Waals surface area contributed by atoms with E-state index in [-0.39, 0.29) is 0 Å². The minimum Gasteiger partial charge on any atom is -0.457 e. The molecule has 0 atom stereocenters. The molecule has 148 valence electrons. The lowest BCUT2D eigenvalue weighted by molar-refractivity contribution is -0.112. The lowest BCUT2D eigenvalue weighted by atomic mass is 10.1. The largest absolute Gasteiger partial charge is 0.457 e. The van der Waals surface area contributed by atoms with E-state index in [0.29, 0.717) is 27.8 Å². The number of nitrogens with one attached hydrogen (secondary N) is 1. The van der Waals surface area contributed by atoms with Crippen molar-refractivity contribution < 1.29 is 14.3 Å². The summed E-state index contributed by atoms with van der Waals surface area (Å²) < 4.78 is 5.72. The van der Waals surface area contributed by atoms with Gasteiger partial charge in [0.05, 0.1) is 5.69 Å². The molecular formula is C22H20N2O3S2. The van der Waals surface area contributed by atoms with Gasteiger partial charge in [0, 0.05) is 16.2 Å². The number of thioether (sulfide) groups is 2. The predicted octanol–water partition coefficient (Wildman–Crippen LogP) is 5.45. The molecular weight excluding hydrogens is 404 g/mol. The molecule has 0 unspecified atom stereocenters. The average molecular weight is 425 g/mol. The summed E-state index contributed by atoms with van der Waals surface area (Å²) in [5.74, 6) is -0.0236. The smallest absolute Gasteiger partial charge is 0.296 e. The van der Waals surface area contributed by atoms with E-state index >= 15 is 0 Å². The van der Waals surface area contributed by atoms with Crippen molar-refractivity contribution in [1.82, 2.24) is 4.98 Å². The average Bonchev–Trinajstić information content (AvgIpc) is 2.75. The second kappa shape index (κ2) is 9.62. The first-order valence-electron chi connectivity index (χ1n) is 8.80. The first-order chi connectivity index (χ1) is 14.0. The van der Waals surface area contributed by atoms with Crippen LogP contribution < -0.4 is 10.1 Å². The van der Waals surface area contributed by atoms with Crippen molar-refractivity contribution >= 4 is 40.9 Å². The predicted molar refractivity (Wildman–Crippen MR) is 118 cm³/mol. The van der Waals surface area contributed by atoms with Gasteiger partial charge in [-0.3, -0.25) is 9.59 Å². The van der Waals surface area contributed by atoms with Crippen LogP contribution in [0, 0.1) is 6.92 Å². The Balaban J connectivity index is 1.75. The minimum absolute atomic E-state index is 0.291.